The largest absolute Gasteiger partial charge is 0.229 e. The quantitative estimate of drug-likeness (QED) is 0.601. The zero-order valence-corrected chi connectivity index (χ0v) is 8.57. The molecule has 0 amide bonds. The van der Waals surface area contributed by atoms with E-state index in [0.717, 1.165) is 25.7 Å². The number of hydrogen-bond donors (Lipinski definition) is 0. The molecule has 0 N–H and O–H groups in total. The lowest BCUT2D eigenvalue weighted by atomic mass is 10.2. The molecule has 1 saturated carbocycles. The highest BCUT2D eigenvalue weighted by Gasteiger charge is 2.34. The Morgan fingerprint density at radius 3 is 2.33 bits per heavy atom. The normalized spacial score (nSPS) is 18.1. The van der Waals surface area contributed by atoms with Crippen molar-refractivity contribution in [1.82, 2.24) is 0 Å². The van der Waals surface area contributed by atoms with E-state index < -0.39 is 9.84 Å². The summed E-state index contributed by atoms with van der Waals surface area (Å²) in [6.45, 7) is 2.13. The van der Waals surface area contributed by atoms with Crippen LogP contribution < -0.4 is 0 Å². The van der Waals surface area contributed by atoms with Crippen molar-refractivity contribution in [2.45, 2.75) is 50.7 Å². The van der Waals surface area contributed by atoms with Gasteiger partial charge < -0.3 is 0 Å². The third-order valence-corrected chi connectivity index (χ3v) is 4.66. The first-order valence-electron chi connectivity index (χ1n) is 4.88. The Morgan fingerprint density at radius 1 is 1.17 bits per heavy atom. The first kappa shape index (κ1) is 10.0. The number of rotatable bonds is 6. The summed E-state index contributed by atoms with van der Waals surface area (Å²) in [5.74, 6) is 0.428. The lowest BCUT2D eigenvalue weighted by molar-refractivity contribution is 0.588. The van der Waals surface area contributed by atoms with Crippen molar-refractivity contribution in [2.75, 3.05) is 5.75 Å². The molecule has 72 valence electrons. The average Bonchev–Trinajstić information content (AvgIpc) is 2.80. The number of sulfone groups is 1. The van der Waals surface area contributed by atoms with E-state index in [9.17, 15) is 8.42 Å². The van der Waals surface area contributed by atoms with Crippen LogP contribution in [0.25, 0.3) is 0 Å². The van der Waals surface area contributed by atoms with Crippen LogP contribution in [-0.4, -0.2) is 19.4 Å². The molecular formula is C9H18O2S. The fourth-order valence-corrected chi connectivity index (χ4v) is 3.12. The van der Waals surface area contributed by atoms with Gasteiger partial charge in [-0.25, -0.2) is 8.42 Å². The number of hydrogen-bond acceptors (Lipinski definition) is 2. The number of unbranched alkanes of at least 4 members (excludes halogenated alkanes) is 3. The first-order valence-corrected chi connectivity index (χ1v) is 6.60. The van der Waals surface area contributed by atoms with Gasteiger partial charge in [0.2, 0.25) is 0 Å². The topological polar surface area (TPSA) is 34.1 Å². The summed E-state index contributed by atoms with van der Waals surface area (Å²) in [7, 11) is -2.67. The Kier molecular flexibility index (Phi) is 3.56. The molecule has 0 aromatic heterocycles. The van der Waals surface area contributed by atoms with Crippen LogP contribution in [0.5, 0.6) is 0 Å². The molecule has 3 heteroatoms. The minimum Gasteiger partial charge on any atom is -0.229 e. The smallest absolute Gasteiger partial charge is 0.153 e. The van der Waals surface area contributed by atoms with Crippen molar-refractivity contribution >= 4 is 9.84 Å². The van der Waals surface area contributed by atoms with Crippen molar-refractivity contribution in [1.29, 1.82) is 0 Å². The molecule has 0 aromatic carbocycles. The van der Waals surface area contributed by atoms with E-state index in [1.54, 1.807) is 0 Å². The van der Waals surface area contributed by atoms with Crippen molar-refractivity contribution in [3.8, 4) is 0 Å². The van der Waals surface area contributed by atoms with E-state index in [-0.39, 0.29) is 5.25 Å². The lowest BCUT2D eigenvalue weighted by Crippen LogP contribution is -2.11. The molecule has 0 unspecified atom stereocenters. The van der Waals surface area contributed by atoms with Crippen LogP contribution in [0, 0.1) is 0 Å². The Bertz CT molecular complexity index is 215. The standard InChI is InChI=1S/C9H18O2S/c1-2-3-4-5-8-12(10,11)9-6-7-9/h9H,2-8H2,1H3. The molecule has 12 heavy (non-hydrogen) atoms. The minimum atomic E-state index is -2.67. The zero-order chi connectivity index (χ0) is 9.03. The summed E-state index contributed by atoms with van der Waals surface area (Å²) in [6.07, 6.45) is 6.10. The molecule has 1 aliphatic rings. The highest BCUT2D eigenvalue weighted by atomic mass is 32.2. The van der Waals surface area contributed by atoms with Gasteiger partial charge in [-0.05, 0) is 19.3 Å². The molecule has 0 aromatic rings. The zero-order valence-electron chi connectivity index (χ0n) is 7.75. The van der Waals surface area contributed by atoms with Crippen LogP contribution in [0.15, 0.2) is 0 Å². The van der Waals surface area contributed by atoms with E-state index in [2.05, 4.69) is 6.92 Å². The van der Waals surface area contributed by atoms with Crippen LogP contribution in [0.4, 0.5) is 0 Å². The molecule has 0 aliphatic heterocycles. The minimum absolute atomic E-state index is 0.0409. The summed E-state index contributed by atoms with van der Waals surface area (Å²) in [5.41, 5.74) is 0. The second-order valence-electron chi connectivity index (χ2n) is 3.63. The second kappa shape index (κ2) is 4.26. The SMILES string of the molecule is CCCCCCS(=O)(=O)C1CC1. The maximum Gasteiger partial charge on any atom is 0.153 e. The van der Waals surface area contributed by atoms with E-state index >= 15 is 0 Å². The molecule has 0 spiro atoms. The Labute approximate surface area is 75.3 Å². The van der Waals surface area contributed by atoms with Gasteiger partial charge in [-0.15, -0.1) is 0 Å². The predicted molar refractivity (Wildman–Crippen MR) is 51.0 cm³/mol. The maximum atomic E-state index is 11.4. The summed E-state index contributed by atoms with van der Waals surface area (Å²) < 4.78 is 22.7. The maximum absolute atomic E-state index is 11.4. The molecule has 1 aliphatic carbocycles. The van der Waals surface area contributed by atoms with Gasteiger partial charge in [-0.3, -0.25) is 0 Å². The lowest BCUT2D eigenvalue weighted by Gasteiger charge is -2.00. The third-order valence-electron chi connectivity index (χ3n) is 2.31. The highest BCUT2D eigenvalue weighted by Crippen LogP contribution is 2.29. The molecule has 0 saturated heterocycles. The van der Waals surface area contributed by atoms with Gasteiger partial charge in [0.05, 0.1) is 11.0 Å². The first-order chi connectivity index (χ1) is 5.67. The van der Waals surface area contributed by atoms with Crippen LogP contribution in [-0.2, 0) is 9.84 Å². The van der Waals surface area contributed by atoms with Crippen LogP contribution in [0.1, 0.15) is 45.4 Å². The van der Waals surface area contributed by atoms with Crippen molar-refractivity contribution in [3.63, 3.8) is 0 Å². The molecular weight excluding hydrogens is 172 g/mol. The van der Waals surface area contributed by atoms with Crippen molar-refractivity contribution in [3.05, 3.63) is 0 Å². The molecule has 0 atom stereocenters. The van der Waals surface area contributed by atoms with Gasteiger partial charge in [0.1, 0.15) is 0 Å². The van der Waals surface area contributed by atoms with E-state index in [1.165, 1.54) is 12.8 Å². The van der Waals surface area contributed by atoms with Gasteiger partial charge in [0.25, 0.3) is 0 Å². The van der Waals surface area contributed by atoms with Gasteiger partial charge in [-0.2, -0.15) is 0 Å². The third kappa shape index (κ3) is 3.13. The van der Waals surface area contributed by atoms with E-state index in [4.69, 9.17) is 0 Å². The second-order valence-corrected chi connectivity index (χ2v) is 6.03. The summed E-state index contributed by atoms with van der Waals surface area (Å²) in [6, 6.07) is 0. The molecule has 2 nitrogen and oxygen atoms in total. The Hall–Kier alpha value is -0.0500. The summed E-state index contributed by atoms with van der Waals surface area (Å²) in [5, 5.41) is 0.0409. The summed E-state index contributed by atoms with van der Waals surface area (Å²) >= 11 is 0. The van der Waals surface area contributed by atoms with Gasteiger partial charge >= 0.3 is 0 Å². The average molecular weight is 190 g/mol. The highest BCUT2D eigenvalue weighted by molar-refractivity contribution is 7.92. The van der Waals surface area contributed by atoms with Crippen LogP contribution in [0.2, 0.25) is 0 Å². The van der Waals surface area contributed by atoms with Crippen molar-refractivity contribution in [2.24, 2.45) is 0 Å². The van der Waals surface area contributed by atoms with E-state index in [1.807, 2.05) is 0 Å². The van der Waals surface area contributed by atoms with E-state index in [0.29, 0.717) is 5.75 Å². The van der Waals surface area contributed by atoms with Gasteiger partial charge in [0, 0.05) is 0 Å². The molecule has 0 radical (unpaired) electrons. The van der Waals surface area contributed by atoms with Crippen LogP contribution in [0.3, 0.4) is 0 Å². The monoisotopic (exact) mass is 190 g/mol. The van der Waals surface area contributed by atoms with Gasteiger partial charge in [0.15, 0.2) is 9.84 Å². The van der Waals surface area contributed by atoms with Crippen LogP contribution >= 0.6 is 0 Å². The fourth-order valence-electron chi connectivity index (χ4n) is 1.32. The predicted octanol–water partition coefficient (Wildman–Crippen LogP) is 2.14. The fraction of sp³-hybridized carbons (Fsp3) is 1.00. The molecule has 1 fully saturated rings. The van der Waals surface area contributed by atoms with Crippen molar-refractivity contribution < 1.29 is 8.42 Å². The molecule has 0 bridgehead atoms. The van der Waals surface area contributed by atoms with Gasteiger partial charge in [-0.1, -0.05) is 26.2 Å². The molecule has 0 heterocycles. The summed E-state index contributed by atoms with van der Waals surface area (Å²) in [4.78, 5) is 0. The Morgan fingerprint density at radius 2 is 1.83 bits per heavy atom. The molecule has 1 rings (SSSR count). The Balaban J connectivity index is 2.13.